The van der Waals surface area contributed by atoms with Gasteiger partial charge in [-0.15, -0.1) is 0 Å². The predicted molar refractivity (Wildman–Crippen MR) is 26.0 cm³/mol. The van der Waals surface area contributed by atoms with Crippen LogP contribution in [0.4, 0.5) is 0 Å². The Bertz CT molecular complexity index is 29.9. The lowest BCUT2D eigenvalue weighted by Gasteiger charge is -1.69. The van der Waals surface area contributed by atoms with Gasteiger partial charge in [0.2, 0.25) is 0 Å². The molecule has 0 rings (SSSR count). The monoisotopic (exact) mass is 89.1 g/mol. The maximum Gasteiger partial charge on any atom is 0.187 e. The van der Waals surface area contributed by atoms with Crippen molar-refractivity contribution in [1.82, 2.24) is 0 Å². The fraction of sp³-hybridized carbons (Fsp3) is 0. The number of nitrogens with two attached hydrogens (primary N) is 2. The van der Waals surface area contributed by atoms with Crippen molar-refractivity contribution in [1.29, 1.82) is 5.41 Å². The van der Waals surface area contributed by atoms with Gasteiger partial charge in [0.25, 0.3) is 0 Å². The molecule has 0 amide bonds. The van der Waals surface area contributed by atoms with E-state index in [2.05, 4.69) is 11.5 Å². The average Bonchev–Trinajstić information content (AvgIpc) is 0.811. The molecule has 3 nitrogen and oxygen atoms in total. The molecule has 30 valence electrons. The molecule has 0 aromatic carbocycles. The molecule has 0 unspecified atom stereocenters. The Kier molecular flexibility index (Phi) is 6.72. The lowest BCUT2D eigenvalue weighted by atomic mass is 11.1. The van der Waals surface area contributed by atoms with Crippen molar-refractivity contribution in [3.05, 3.63) is 0 Å². The summed E-state index contributed by atoms with van der Waals surface area (Å²) in [4.78, 5) is 0. The largest absolute Gasteiger partial charge is 0.370 e. The SMILES string of the molecule is N=C(N)N.[AlH3]. The summed E-state index contributed by atoms with van der Waals surface area (Å²) in [5.74, 6) is -0.333. The molecule has 0 heterocycles. The van der Waals surface area contributed by atoms with Crippen molar-refractivity contribution in [3.63, 3.8) is 0 Å². The highest BCUT2D eigenvalue weighted by atomic mass is 27.0. The minimum atomic E-state index is -0.333. The standard InChI is InChI=1S/CH5N3.Al.3H/c2-1(3)4;;;;/h(H5,2,3,4);;;;. The minimum absolute atomic E-state index is 0. The van der Waals surface area contributed by atoms with E-state index in [0.29, 0.717) is 0 Å². The summed E-state index contributed by atoms with van der Waals surface area (Å²) in [6.07, 6.45) is 0. The van der Waals surface area contributed by atoms with Gasteiger partial charge in [-0.05, 0) is 0 Å². The van der Waals surface area contributed by atoms with Gasteiger partial charge in [-0.25, -0.2) is 0 Å². The number of guanidine groups is 1. The number of nitrogens with one attached hydrogen (secondary N) is 1. The first-order chi connectivity index (χ1) is 1.73. The van der Waals surface area contributed by atoms with Crippen molar-refractivity contribution in [3.8, 4) is 0 Å². The maximum absolute atomic E-state index is 6.06. The summed E-state index contributed by atoms with van der Waals surface area (Å²) in [5, 5.41) is 6.06. The van der Waals surface area contributed by atoms with Gasteiger partial charge in [0.1, 0.15) is 0 Å². The summed E-state index contributed by atoms with van der Waals surface area (Å²) in [6, 6.07) is 0. The van der Waals surface area contributed by atoms with Crippen LogP contribution in [0.2, 0.25) is 0 Å². The Morgan fingerprint density at radius 3 is 1.40 bits per heavy atom. The molecular formula is CH8AlN3. The molecule has 0 aromatic rings. The molecule has 0 aromatic heterocycles. The highest BCUT2D eigenvalue weighted by Gasteiger charge is 1.52. The summed E-state index contributed by atoms with van der Waals surface area (Å²) in [6.45, 7) is 0. The van der Waals surface area contributed by atoms with Gasteiger partial charge >= 0.3 is 0 Å². The van der Waals surface area contributed by atoms with E-state index in [-0.39, 0.29) is 23.3 Å². The molecule has 0 spiro atoms. The fourth-order valence-corrected chi connectivity index (χ4v) is 0. The zero-order valence-electron chi connectivity index (χ0n) is 2.15. The normalized spacial score (nSPS) is 4.80. The Balaban J connectivity index is 0. The van der Waals surface area contributed by atoms with Crippen LogP contribution < -0.4 is 11.5 Å². The third-order valence-electron chi connectivity index (χ3n) is 0. The highest BCUT2D eigenvalue weighted by molar-refractivity contribution is 5.75. The van der Waals surface area contributed by atoms with Crippen LogP contribution in [0.3, 0.4) is 0 Å². The van der Waals surface area contributed by atoms with E-state index >= 15 is 0 Å². The second kappa shape index (κ2) is 3.80. The molecule has 0 atom stereocenters. The first kappa shape index (κ1) is 8.84. The lowest BCUT2D eigenvalue weighted by molar-refractivity contribution is 1.39. The summed E-state index contributed by atoms with van der Waals surface area (Å²) >= 11 is 0. The first-order valence-electron chi connectivity index (χ1n) is 0.827. The predicted octanol–water partition coefficient (Wildman–Crippen LogP) is -2.35. The van der Waals surface area contributed by atoms with Gasteiger partial charge in [0.15, 0.2) is 23.3 Å². The van der Waals surface area contributed by atoms with E-state index in [1.165, 1.54) is 0 Å². The third kappa shape index (κ3) is 317. The average molecular weight is 89.1 g/mol. The molecule has 0 saturated heterocycles. The van der Waals surface area contributed by atoms with E-state index in [9.17, 15) is 0 Å². The minimum Gasteiger partial charge on any atom is -0.370 e. The van der Waals surface area contributed by atoms with Gasteiger partial charge in [-0.3, -0.25) is 5.41 Å². The Morgan fingerprint density at radius 1 is 1.40 bits per heavy atom. The van der Waals surface area contributed by atoms with Crippen LogP contribution in [0.5, 0.6) is 0 Å². The molecule has 5 heavy (non-hydrogen) atoms. The molecule has 0 aliphatic carbocycles. The summed E-state index contributed by atoms with van der Waals surface area (Å²) in [7, 11) is 0. The Hall–Kier alpha value is -0.198. The molecule has 0 aliphatic rings. The van der Waals surface area contributed by atoms with Crippen molar-refractivity contribution in [2.75, 3.05) is 0 Å². The zero-order valence-corrected chi connectivity index (χ0v) is 2.15. The van der Waals surface area contributed by atoms with E-state index < -0.39 is 0 Å². The van der Waals surface area contributed by atoms with E-state index in [4.69, 9.17) is 5.41 Å². The third-order valence-corrected chi connectivity index (χ3v) is 0. The number of hydrogen-bond acceptors (Lipinski definition) is 1. The summed E-state index contributed by atoms with van der Waals surface area (Å²) in [5.41, 5.74) is 8.94. The molecule has 0 aliphatic heterocycles. The first-order valence-corrected chi connectivity index (χ1v) is 0.827. The van der Waals surface area contributed by atoms with Crippen molar-refractivity contribution >= 4 is 23.3 Å². The second-order valence-electron chi connectivity index (χ2n) is 0.455. The maximum atomic E-state index is 6.06. The number of rotatable bonds is 0. The smallest absolute Gasteiger partial charge is 0.187 e. The van der Waals surface area contributed by atoms with Crippen LogP contribution in [-0.4, -0.2) is 23.3 Å². The van der Waals surface area contributed by atoms with Crippen molar-refractivity contribution < 1.29 is 0 Å². The van der Waals surface area contributed by atoms with Gasteiger partial charge in [-0.2, -0.15) is 0 Å². The van der Waals surface area contributed by atoms with Crippen LogP contribution in [0.25, 0.3) is 0 Å². The van der Waals surface area contributed by atoms with E-state index in [1.807, 2.05) is 0 Å². The summed E-state index contributed by atoms with van der Waals surface area (Å²) < 4.78 is 0. The number of hydrogen-bond donors (Lipinski definition) is 3. The molecule has 0 bridgehead atoms. The molecule has 0 radical (unpaired) electrons. The van der Waals surface area contributed by atoms with E-state index in [1.54, 1.807) is 0 Å². The van der Waals surface area contributed by atoms with Crippen molar-refractivity contribution in [2.24, 2.45) is 11.5 Å². The van der Waals surface area contributed by atoms with Crippen LogP contribution in [0.1, 0.15) is 0 Å². The topological polar surface area (TPSA) is 75.9 Å². The Morgan fingerprint density at radius 2 is 1.40 bits per heavy atom. The van der Waals surface area contributed by atoms with Crippen LogP contribution in [-0.2, 0) is 0 Å². The highest BCUT2D eigenvalue weighted by Crippen LogP contribution is 1.13. The van der Waals surface area contributed by atoms with Crippen LogP contribution >= 0.6 is 0 Å². The van der Waals surface area contributed by atoms with Gasteiger partial charge in [0.05, 0.1) is 0 Å². The zero-order chi connectivity index (χ0) is 3.58. The van der Waals surface area contributed by atoms with Gasteiger partial charge < -0.3 is 11.5 Å². The molecular weight excluding hydrogens is 81.0 g/mol. The Labute approximate surface area is 41.0 Å². The van der Waals surface area contributed by atoms with Gasteiger partial charge in [-0.1, -0.05) is 0 Å². The van der Waals surface area contributed by atoms with Crippen molar-refractivity contribution in [2.45, 2.75) is 0 Å². The van der Waals surface area contributed by atoms with Gasteiger partial charge in [0, 0.05) is 0 Å². The second-order valence-corrected chi connectivity index (χ2v) is 0.455. The lowest BCUT2D eigenvalue weighted by Crippen LogP contribution is -2.20. The fourth-order valence-electron chi connectivity index (χ4n) is 0. The van der Waals surface area contributed by atoms with Crippen LogP contribution in [0.15, 0.2) is 0 Å². The molecule has 0 fully saturated rings. The molecule has 4 heteroatoms. The quantitative estimate of drug-likeness (QED) is 0.176. The van der Waals surface area contributed by atoms with E-state index in [0.717, 1.165) is 0 Å². The van der Waals surface area contributed by atoms with Crippen LogP contribution in [0, 0.1) is 5.41 Å². The molecule has 5 N–H and O–H groups in total. The molecule has 0 saturated carbocycles.